The third-order valence-corrected chi connectivity index (χ3v) is 4.66. The molecule has 1 aromatic rings. The summed E-state index contributed by atoms with van der Waals surface area (Å²) in [5, 5.41) is 5.27. The molecule has 0 aromatic heterocycles. The highest BCUT2D eigenvalue weighted by Gasteiger charge is 2.42. The van der Waals surface area contributed by atoms with Gasteiger partial charge in [-0.3, -0.25) is 10.1 Å². The van der Waals surface area contributed by atoms with Crippen molar-refractivity contribution in [1.29, 1.82) is 0 Å². The average Bonchev–Trinajstić information content (AvgIpc) is 2.94. The predicted molar refractivity (Wildman–Crippen MR) is 88.1 cm³/mol. The number of hydrogen-bond acceptors (Lipinski definition) is 3. The lowest BCUT2D eigenvalue weighted by atomic mass is 9.98. The van der Waals surface area contributed by atoms with Gasteiger partial charge in [-0.05, 0) is 30.5 Å². The number of carbonyl (C=O) groups excluding carboxylic acids is 1. The van der Waals surface area contributed by atoms with Gasteiger partial charge in [-0.2, -0.15) is 0 Å². The van der Waals surface area contributed by atoms with Crippen LogP contribution in [0.2, 0.25) is 0 Å². The van der Waals surface area contributed by atoms with Gasteiger partial charge in [0.25, 0.3) is 5.92 Å². The lowest BCUT2D eigenvalue weighted by Crippen LogP contribution is -2.35. The summed E-state index contributed by atoms with van der Waals surface area (Å²) >= 11 is 0. The number of benzene rings is 1. The summed E-state index contributed by atoms with van der Waals surface area (Å²) < 4.78 is 32.3. The number of carbonyl (C=O) groups is 1. The van der Waals surface area contributed by atoms with E-state index in [1.165, 1.54) is 19.3 Å². The Morgan fingerprint density at radius 3 is 2.79 bits per heavy atom. The van der Waals surface area contributed by atoms with Crippen molar-refractivity contribution in [2.75, 3.05) is 11.9 Å². The fraction of sp³-hybridized carbons (Fsp3) is 0.611. The van der Waals surface area contributed by atoms with E-state index in [-0.39, 0.29) is 0 Å². The van der Waals surface area contributed by atoms with Crippen molar-refractivity contribution in [3.8, 4) is 0 Å². The maximum absolute atomic E-state index is 13.2. The van der Waals surface area contributed by atoms with Gasteiger partial charge in [0.15, 0.2) is 0 Å². The number of ether oxygens (including phenoxy) is 1. The van der Waals surface area contributed by atoms with E-state index in [9.17, 15) is 13.6 Å². The Kier molecular flexibility index (Phi) is 5.46. The van der Waals surface area contributed by atoms with Crippen LogP contribution in [0.3, 0.4) is 0 Å². The molecule has 1 aliphatic carbocycles. The smallest absolute Gasteiger partial charge is 0.262 e. The van der Waals surface area contributed by atoms with Crippen LogP contribution in [-0.2, 0) is 16.1 Å². The minimum absolute atomic E-state index is 0.321. The zero-order valence-corrected chi connectivity index (χ0v) is 13.7. The Morgan fingerprint density at radius 2 is 2.08 bits per heavy atom. The monoisotopic (exact) mass is 338 g/mol. The molecule has 1 saturated heterocycles. The summed E-state index contributed by atoms with van der Waals surface area (Å²) in [5.41, 5.74) is 1.59. The number of hydrogen-bond donors (Lipinski definition) is 2. The van der Waals surface area contributed by atoms with Crippen molar-refractivity contribution in [3.63, 3.8) is 0 Å². The summed E-state index contributed by atoms with van der Waals surface area (Å²) in [6.45, 7) is 0.0640. The van der Waals surface area contributed by atoms with Crippen LogP contribution in [0.5, 0.6) is 0 Å². The van der Waals surface area contributed by atoms with Gasteiger partial charge in [-0.1, -0.05) is 31.4 Å². The lowest BCUT2D eigenvalue weighted by molar-refractivity contribution is -0.118. The first kappa shape index (κ1) is 17.3. The van der Waals surface area contributed by atoms with Crippen molar-refractivity contribution in [3.05, 3.63) is 29.8 Å². The minimum Gasteiger partial charge on any atom is -0.374 e. The Bertz CT molecular complexity index is 574. The number of rotatable bonds is 5. The second-order valence-corrected chi connectivity index (χ2v) is 6.75. The highest BCUT2D eigenvalue weighted by Crippen LogP contribution is 2.26. The predicted octanol–water partition coefficient (Wildman–Crippen LogP) is 3.47. The number of halogens is 2. The molecule has 2 fully saturated rings. The standard InChI is InChI=1S/C18H24F2N2O2/c19-18(20)10-16(21-12-18)17(23)22-14-6-4-5-13(9-14)11-24-15-7-2-1-3-8-15/h4-6,9,15-16,21H,1-3,7-8,10-12H2,(H,22,23). The quantitative estimate of drug-likeness (QED) is 0.864. The summed E-state index contributed by atoms with van der Waals surface area (Å²) in [6.07, 6.45) is 5.82. The maximum atomic E-state index is 13.2. The van der Waals surface area contributed by atoms with E-state index in [0.29, 0.717) is 18.4 Å². The van der Waals surface area contributed by atoms with Crippen molar-refractivity contribution in [2.45, 2.75) is 63.2 Å². The van der Waals surface area contributed by atoms with Crippen LogP contribution < -0.4 is 10.6 Å². The number of nitrogens with one attached hydrogen (secondary N) is 2. The minimum atomic E-state index is -2.81. The van der Waals surface area contributed by atoms with E-state index < -0.39 is 30.8 Å². The van der Waals surface area contributed by atoms with Gasteiger partial charge in [-0.15, -0.1) is 0 Å². The van der Waals surface area contributed by atoms with Gasteiger partial charge < -0.3 is 10.1 Å². The fourth-order valence-electron chi connectivity index (χ4n) is 3.32. The molecular weight excluding hydrogens is 314 g/mol. The number of amides is 1. The first-order chi connectivity index (χ1) is 11.5. The van der Waals surface area contributed by atoms with Gasteiger partial charge in [0.2, 0.25) is 5.91 Å². The van der Waals surface area contributed by atoms with Gasteiger partial charge >= 0.3 is 0 Å². The summed E-state index contributed by atoms with van der Waals surface area (Å²) in [5.74, 6) is -3.23. The Balaban J connectivity index is 1.52. The van der Waals surface area contributed by atoms with Gasteiger partial charge in [-0.25, -0.2) is 8.78 Å². The normalized spacial score (nSPS) is 24.0. The van der Waals surface area contributed by atoms with Crippen LogP contribution in [0.15, 0.2) is 24.3 Å². The molecule has 6 heteroatoms. The van der Waals surface area contributed by atoms with Crippen molar-refractivity contribution >= 4 is 11.6 Å². The first-order valence-electron chi connectivity index (χ1n) is 8.64. The molecule has 1 unspecified atom stereocenters. The largest absolute Gasteiger partial charge is 0.374 e. The first-order valence-corrected chi connectivity index (χ1v) is 8.64. The van der Waals surface area contributed by atoms with E-state index in [1.54, 1.807) is 6.07 Å². The molecule has 2 N–H and O–H groups in total. The van der Waals surface area contributed by atoms with Crippen molar-refractivity contribution in [2.24, 2.45) is 0 Å². The van der Waals surface area contributed by atoms with E-state index in [1.807, 2.05) is 18.2 Å². The molecule has 4 nitrogen and oxygen atoms in total. The second kappa shape index (κ2) is 7.57. The van der Waals surface area contributed by atoms with Crippen LogP contribution in [0.4, 0.5) is 14.5 Å². The molecule has 1 aromatic carbocycles. The van der Waals surface area contributed by atoms with E-state index in [0.717, 1.165) is 18.4 Å². The lowest BCUT2D eigenvalue weighted by Gasteiger charge is -2.22. The Labute approximate surface area is 141 Å². The van der Waals surface area contributed by atoms with E-state index in [2.05, 4.69) is 10.6 Å². The molecular formula is C18H24F2N2O2. The Hall–Kier alpha value is -1.53. The molecule has 132 valence electrons. The zero-order chi connectivity index (χ0) is 17.0. The SMILES string of the molecule is O=C(Nc1cccc(COC2CCCCC2)c1)C1CC(F)(F)CN1. The fourth-order valence-corrected chi connectivity index (χ4v) is 3.32. The summed E-state index contributed by atoms with van der Waals surface area (Å²) in [7, 11) is 0. The maximum Gasteiger partial charge on any atom is 0.262 e. The molecule has 1 saturated carbocycles. The molecule has 24 heavy (non-hydrogen) atoms. The van der Waals surface area contributed by atoms with Gasteiger partial charge in [0.05, 0.1) is 25.3 Å². The molecule has 1 aliphatic heterocycles. The topological polar surface area (TPSA) is 50.4 Å². The highest BCUT2D eigenvalue weighted by atomic mass is 19.3. The van der Waals surface area contributed by atoms with Crippen LogP contribution in [0.25, 0.3) is 0 Å². The number of alkyl halides is 2. The molecule has 1 amide bonds. The molecule has 3 rings (SSSR count). The second-order valence-electron chi connectivity index (χ2n) is 6.75. The molecule has 1 atom stereocenters. The van der Waals surface area contributed by atoms with Gasteiger partial charge in [0.1, 0.15) is 0 Å². The third kappa shape index (κ3) is 4.74. The molecule has 2 aliphatic rings. The molecule has 0 spiro atoms. The van der Waals surface area contributed by atoms with E-state index >= 15 is 0 Å². The molecule has 1 heterocycles. The van der Waals surface area contributed by atoms with Crippen molar-refractivity contribution in [1.82, 2.24) is 5.32 Å². The van der Waals surface area contributed by atoms with Crippen LogP contribution in [-0.4, -0.2) is 30.5 Å². The van der Waals surface area contributed by atoms with Gasteiger partial charge in [0, 0.05) is 12.1 Å². The average molecular weight is 338 g/mol. The highest BCUT2D eigenvalue weighted by molar-refractivity contribution is 5.95. The molecule has 0 bridgehead atoms. The van der Waals surface area contributed by atoms with Crippen LogP contribution in [0.1, 0.15) is 44.1 Å². The zero-order valence-electron chi connectivity index (χ0n) is 13.7. The molecule has 0 radical (unpaired) electrons. The Morgan fingerprint density at radius 1 is 1.29 bits per heavy atom. The third-order valence-electron chi connectivity index (χ3n) is 4.66. The van der Waals surface area contributed by atoms with Crippen LogP contribution in [0, 0.1) is 0 Å². The van der Waals surface area contributed by atoms with Crippen LogP contribution >= 0.6 is 0 Å². The van der Waals surface area contributed by atoms with E-state index in [4.69, 9.17) is 4.74 Å². The number of anilines is 1. The summed E-state index contributed by atoms with van der Waals surface area (Å²) in [4.78, 5) is 12.1. The van der Waals surface area contributed by atoms with Crippen molar-refractivity contribution < 1.29 is 18.3 Å². The summed E-state index contributed by atoms with van der Waals surface area (Å²) in [6, 6.07) is 6.54.